The number of hydrogen-bond acceptors (Lipinski definition) is 3. The van der Waals surface area contributed by atoms with Gasteiger partial charge >= 0.3 is 0 Å². The first-order chi connectivity index (χ1) is 11.7. The minimum Gasteiger partial charge on any atom is -0.384 e. The third kappa shape index (κ3) is 3.81. The molecule has 132 valence electrons. The van der Waals surface area contributed by atoms with Gasteiger partial charge in [0, 0.05) is 19.1 Å². The summed E-state index contributed by atoms with van der Waals surface area (Å²) in [5.41, 5.74) is 1.16. The van der Waals surface area contributed by atoms with E-state index in [4.69, 9.17) is 4.74 Å². The molecule has 1 amide bonds. The first-order valence-electron chi connectivity index (χ1n) is 9.20. The first-order valence-corrected chi connectivity index (χ1v) is 9.20. The predicted molar refractivity (Wildman–Crippen MR) is 95.9 cm³/mol. The SMILES string of the molecule is COCC1(CNC(=O)C2(Cc3ccccc3)CCC2)CCNCC1. The molecule has 2 N–H and O–H groups in total. The molecule has 1 heterocycles. The van der Waals surface area contributed by atoms with Crippen molar-refractivity contribution in [1.29, 1.82) is 0 Å². The van der Waals surface area contributed by atoms with Crippen LogP contribution >= 0.6 is 0 Å². The van der Waals surface area contributed by atoms with E-state index in [0.717, 1.165) is 64.8 Å². The van der Waals surface area contributed by atoms with Crippen molar-refractivity contribution in [2.45, 2.75) is 38.5 Å². The molecule has 0 radical (unpaired) electrons. The summed E-state index contributed by atoms with van der Waals surface area (Å²) < 4.78 is 5.46. The Labute approximate surface area is 145 Å². The van der Waals surface area contributed by atoms with Gasteiger partial charge in [0.1, 0.15) is 0 Å². The number of piperidine rings is 1. The maximum atomic E-state index is 13.0. The van der Waals surface area contributed by atoms with Gasteiger partial charge in [-0.05, 0) is 50.8 Å². The Balaban J connectivity index is 1.62. The zero-order chi connectivity index (χ0) is 16.9. The van der Waals surface area contributed by atoms with E-state index in [1.165, 1.54) is 5.56 Å². The van der Waals surface area contributed by atoms with E-state index in [1.807, 2.05) is 6.07 Å². The summed E-state index contributed by atoms with van der Waals surface area (Å²) in [4.78, 5) is 13.0. The molecule has 0 spiro atoms. The van der Waals surface area contributed by atoms with Gasteiger partial charge in [0.25, 0.3) is 0 Å². The Bertz CT molecular complexity index is 528. The van der Waals surface area contributed by atoms with Crippen LogP contribution in [-0.2, 0) is 16.0 Å². The van der Waals surface area contributed by atoms with Crippen LogP contribution in [0.2, 0.25) is 0 Å². The van der Waals surface area contributed by atoms with Crippen LogP contribution < -0.4 is 10.6 Å². The molecule has 0 bridgehead atoms. The molecule has 1 aliphatic heterocycles. The van der Waals surface area contributed by atoms with Crippen molar-refractivity contribution >= 4 is 5.91 Å². The number of rotatable bonds is 7. The molecule has 2 aliphatic rings. The summed E-state index contributed by atoms with van der Waals surface area (Å²) >= 11 is 0. The van der Waals surface area contributed by atoms with Crippen LogP contribution in [0.15, 0.2) is 30.3 Å². The van der Waals surface area contributed by atoms with Crippen LogP contribution in [0.5, 0.6) is 0 Å². The zero-order valence-electron chi connectivity index (χ0n) is 14.8. The molecule has 4 heteroatoms. The maximum absolute atomic E-state index is 13.0. The lowest BCUT2D eigenvalue weighted by Gasteiger charge is -2.43. The van der Waals surface area contributed by atoms with E-state index in [-0.39, 0.29) is 16.7 Å². The van der Waals surface area contributed by atoms with Crippen LogP contribution in [0.3, 0.4) is 0 Å². The molecule has 0 unspecified atom stereocenters. The standard InChI is InChI=1S/C20H30N2O2/c1-24-16-19(10-12-21-13-11-19)15-22-18(23)20(8-5-9-20)14-17-6-3-2-4-7-17/h2-4,6-7,21H,5,8-16H2,1H3,(H,22,23). The van der Waals surface area contributed by atoms with Crippen molar-refractivity contribution < 1.29 is 9.53 Å². The summed E-state index contributed by atoms with van der Waals surface area (Å²) in [6.07, 6.45) is 6.16. The molecule has 2 fully saturated rings. The molecular weight excluding hydrogens is 300 g/mol. The lowest BCUT2D eigenvalue weighted by Crippen LogP contribution is -2.52. The first kappa shape index (κ1) is 17.4. The van der Waals surface area contributed by atoms with Gasteiger partial charge in [-0.25, -0.2) is 0 Å². The fourth-order valence-electron chi connectivity index (χ4n) is 4.16. The minimum absolute atomic E-state index is 0.0906. The van der Waals surface area contributed by atoms with Crippen molar-refractivity contribution in [3.63, 3.8) is 0 Å². The lowest BCUT2D eigenvalue weighted by atomic mass is 9.64. The predicted octanol–water partition coefficient (Wildman–Crippen LogP) is 2.53. The number of amides is 1. The molecule has 1 aromatic carbocycles. The number of hydrogen-bond donors (Lipinski definition) is 2. The highest BCUT2D eigenvalue weighted by atomic mass is 16.5. The number of ether oxygens (including phenoxy) is 1. The lowest BCUT2D eigenvalue weighted by molar-refractivity contribution is -0.136. The molecule has 1 aromatic rings. The summed E-state index contributed by atoms with van der Waals surface area (Å²) in [6, 6.07) is 10.4. The Hall–Kier alpha value is -1.39. The van der Waals surface area contributed by atoms with Gasteiger partial charge in [-0.3, -0.25) is 4.79 Å². The summed E-state index contributed by atoms with van der Waals surface area (Å²) in [5.74, 6) is 0.242. The van der Waals surface area contributed by atoms with Crippen LogP contribution in [0.25, 0.3) is 0 Å². The monoisotopic (exact) mass is 330 g/mol. The largest absolute Gasteiger partial charge is 0.384 e. The summed E-state index contributed by atoms with van der Waals surface area (Å²) in [7, 11) is 1.76. The van der Waals surface area contributed by atoms with E-state index < -0.39 is 0 Å². The number of carbonyl (C=O) groups is 1. The average molecular weight is 330 g/mol. The Kier molecular flexibility index (Phi) is 5.57. The van der Waals surface area contributed by atoms with Gasteiger partial charge in [0.15, 0.2) is 0 Å². The van der Waals surface area contributed by atoms with Gasteiger partial charge < -0.3 is 15.4 Å². The normalized spacial score (nSPS) is 21.7. The maximum Gasteiger partial charge on any atom is 0.226 e. The van der Waals surface area contributed by atoms with Crippen LogP contribution in [0, 0.1) is 10.8 Å². The van der Waals surface area contributed by atoms with Crippen molar-refractivity contribution in [2.24, 2.45) is 10.8 Å². The second-order valence-corrected chi connectivity index (χ2v) is 7.66. The van der Waals surface area contributed by atoms with E-state index in [0.29, 0.717) is 0 Å². The smallest absolute Gasteiger partial charge is 0.226 e. The van der Waals surface area contributed by atoms with Crippen molar-refractivity contribution in [3.05, 3.63) is 35.9 Å². The molecule has 3 rings (SSSR count). The molecule has 1 aliphatic carbocycles. The van der Waals surface area contributed by atoms with Gasteiger partial charge in [0.2, 0.25) is 5.91 Å². The van der Waals surface area contributed by atoms with E-state index in [2.05, 4.69) is 34.9 Å². The minimum atomic E-state index is -0.192. The van der Waals surface area contributed by atoms with Gasteiger partial charge in [-0.15, -0.1) is 0 Å². The number of methoxy groups -OCH3 is 1. The zero-order valence-corrected chi connectivity index (χ0v) is 14.8. The molecule has 0 atom stereocenters. The van der Waals surface area contributed by atoms with Crippen LogP contribution in [0.1, 0.15) is 37.7 Å². The number of nitrogens with one attached hydrogen (secondary N) is 2. The Morgan fingerprint density at radius 3 is 2.46 bits per heavy atom. The highest BCUT2D eigenvalue weighted by molar-refractivity contribution is 5.83. The quantitative estimate of drug-likeness (QED) is 0.808. The number of carbonyl (C=O) groups excluding carboxylic acids is 1. The van der Waals surface area contributed by atoms with Gasteiger partial charge in [0.05, 0.1) is 12.0 Å². The summed E-state index contributed by atoms with van der Waals surface area (Å²) in [6.45, 7) is 3.47. The van der Waals surface area contributed by atoms with Crippen LogP contribution in [0.4, 0.5) is 0 Å². The fraction of sp³-hybridized carbons (Fsp3) is 0.650. The molecule has 24 heavy (non-hydrogen) atoms. The average Bonchev–Trinajstić information content (AvgIpc) is 2.58. The molecule has 4 nitrogen and oxygen atoms in total. The third-order valence-electron chi connectivity index (χ3n) is 5.92. The van der Waals surface area contributed by atoms with E-state index in [1.54, 1.807) is 7.11 Å². The molecular formula is C20H30N2O2. The molecule has 0 aromatic heterocycles. The second-order valence-electron chi connectivity index (χ2n) is 7.66. The number of benzene rings is 1. The molecule has 1 saturated carbocycles. The highest BCUT2D eigenvalue weighted by Crippen LogP contribution is 2.44. The van der Waals surface area contributed by atoms with Crippen molar-refractivity contribution in [1.82, 2.24) is 10.6 Å². The Morgan fingerprint density at radius 2 is 1.88 bits per heavy atom. The second kappa shape index (κ2) is 7.66. The summed E-state index contributed by atoms with van der Waals surface area (Å²) in [5, 5.41) is 6.70. The van der Waals surface area contributed by atoms with Gasteiger partial charge in [-0.2, -0.15) is 0 Å². The molecule has 1 saturated heterocycles. The van der Waals surface area contributed by atoms with Crippen molar-refractivity contribution in [2.75, 3.05) is 33.4 Å². The fourth-order valence-corrected chi connectivity index (χ4v) is 4.16. The third-order valence-corrected chi connectivity index (χ3v) is 5.92. The van der Waals surface area contributed by atoms with Crippen LogP contribution in [-0.4, -0.2) is 39.3 Å². The van der Waals surface area contributed by atoms with E-state index >= 15 is 0 Å². The van der Waals surface area contributed by atoms with Gasteiger partial charge in [-0.1, -0.05) is 36.8 Å². The van der Waals surface area contributed by atoms with E-state index in [9.17, 15) is 4.79 Å². The van der Waals surface area contributed by atoms with Crippen molar-refractivity contribution in [3.8, 4) is 0 Å². The topological polar surface area (TPSA) is 50.4 Å². The highest BCUT2D eigenvalue weighted by Gasteiger charge is 2.44. The Morgan fingerprint density at radius 1 is 1.17 bits per heavy atom.